The molecule has 1 N–H and O–H groups in total. The van der Waals surface area contributed by atoms with E-state index in [-0.39, 0.29) is 0 Å². The molecule has 5 nitrogen and oxygen atoms in total. The monoisotopic (exact) mass is 278 g/mol. The van der Waals surface area contributed by atoms with Crippen molar-refractivity contribution in [3.05, 3.63) is 17.7 Å². The van der Waals surface area contributed by atoms with Crippen molar-refractivity contribution in [2.24, 2.45) is 0 Å². The van der Waals surface area contributed by atoms with Crippen LogP contribution in [0.3, 0.4) is 0 Å². The number of aromatic nitrogens is 2. The number of hydrogen-bond acceptors (Lipinski definition) is 5. The van der Waals surface area contributed by atoms with Gasteiger partial charge in [-0.25, -0.2) is 9.97 Å². The van der Waals surface area contributed by atoms with E-state index in [9.17, 15) is 0 Å². The van der Waals surface area contributed by atoms with Crippen molar-refractivity contribution in [3.63, 3.8) is 0 Å². The first kappa shape index (κ1) is 15.2. The van der Waals surface area contributed by atoms with E-state index in [1.54, 1.807) is 7.11 Å². The molecular formula is C15H26N4O. The van der Waals surface area contributed by atoms with Gasteiger partial charge in [-0.05, 0) is 13.0 Å². The highest BCUT2D eigenvalue weighted by Gasteiger charge is 2.25. The number of nitrogens with one attached hydrogen (secondary N) is 1. The Morgan fingerprint density at radius 3 is 2.90 bits per heavy atom. The number of ether oxygens (including phenoxy) is 1. The maximum Gasteiger partial charge on any atom is 0.131 e. The lowest BCUT2D eigenvalue weighted by atomic mass is 10.2. The fourth-order valence-electron chi connectivity index (χ4n) is 2.48. The summed E-state index contributed by atoms with van der Waals surface area (Å²) in [6.45, 7) is 10.1. The Morgan fingerprint density at radius 2 is 2.30 bits per heavy atom. The molecule has 5 heteroatoms. The molecule has 1 saturated heterocycles. The minimum absolute atomic E-state index is 0.326. The van der Waals surface area contributed by atoms with Gasteiger partial charge in [0.1, 0.15) is 5.82 Å². The van der Waals surface area contributed by atoms with Crippen LogP contribution < -0.4 is 10.2 Å². The van der Waals surface area contributed by atoms with Gasteiger partial charge in [-0.1, -0.05) is 20.8 Å². The van der Waals surface area contributed by atoms with Crippen LogP contribution in [-0.2, 0) is 11.3 Å². The van der Waals surface area contributed by atoms with Gasteiger partial charge in [0.15, 0.2) is 0 Å². The summed E-state index contributed by atoms with van der Waals surface area (Å²) in [4.78, 5) is 11.6. The first-order valence-corrected chi connectivity index (χ1v) is 7.50. The van der Waals surface area contributed by atoms with E-state index in [1.807, 2.05) is 6.20 Å². The first-order valence-electron chi connectivity index (χ1n) is 7.50. The van der Waals surface area contributed by atoms with Gasteiger partial charge in [-0.3, -0.25) is 0 Å². The minimum atomic E-state index is 0.326. The molecule has 20 heavy (non-hydrogen) atoms. The average molecular weight is 278 g/mol. The summed E-state index contributed by atoms with van der Waals surface area (Å²) in [5, 5.41) is 3.37. The number of anilines is 1. The highest BCUT2D eigenvalue weighted by atomic mass is 16.5. The van der Waals surface area contributed by atoms with E-state index in [1.165, 1.54) is 0 Å². The van der Waals surface area contributed by atoms with Crippen LogP contribution in [0.25, 0.3) is 0 Å². The summed E-state index contributed by atoms with van der Waals surface area (Å²) >= 11 is 0. The van der Waals surface area contributed by atoms with Gasteiger partial charge in [0.25, 0.3) is 0 Å². The molecule has 0 aliphatic carbocycles. The molecule has 1 atom stereocenters. The van der Waals surface area contributed by atoms with E-state index in [4.69, 9.17) is 9.72 Å². The molecule has 1 aliphatic rings. The molecule has 1 aliphatic heterocycles. The predicted octanol–water partition coefficient (Wildman–Crippen LogP) is 1.93. The van der Waals surface area contributed by atoms with Crippen LogP contribution in [0.2, 0.25) is 0 Å². The number of hydrogen-bond donors (Lipinski definition) is 1. The van der Waals surface area contributed by atoms with Gasteiger partial charge in [-0.2, -0.15) is 0 Å². The standard InChI is InChI=1S/C15H26N4O/c1-5-16-8-13-14(9-17-15(18-13)11(2)3)19-7-6-12(10-19)20-4/h9,11-12,16H,5-8,10H2,1-4H3. The molecule has 112 valence electrons. The van der Waals surface area contributed by atoms with Crippen molar-refractivity contribution in [3.8, 4) is 0 Å². The van der Waals surface area contributed by atoms with Gasteiger partial charge < -0.3 is 15.0 Å². The van der Waals surface area contributed by atoms with E-state index < -0.39 is 0 Å². The maximum atomic E-state index is 5.45. The number of rotatable bonds is 6. The second-order valence-electron chi connectivity index (χ2n) is 5.59. The Hall–Kier alpha value is -1.20. The Bertz CT molecular complexity index is 436. The van der Waals surface area contributed by atoms with Crippen LogP contribution in [0.4, 0.5) is 5.69 Å². The molecule has 2 heterocycles. The third kappa shape index (κ3) is 3.46. The van der Waals surface area contributed by atoms with Crippen LogP contribution >= 0.6 is 0 Å². The topological polar surface area (TPSA) is 50.3 Å². The van der Waals surface area contributed by atoms with Crippen molar-refractivity contribution in [1.29, 1.82) is 0 Å². The van der Waals surface area contributed by atoms with Crippen molar-refractivity contribution in [1.82, 2.24) is 15.3 Å². The summed E-state index contributed by atoms with van der Waals surface area (Å²) in [6.07, 6.45) is 3.38. The van der Waals surface area contributed by atoms with Gasteiger partial charge >= 0.3 is 0 Å². The highest BCUT2D eigenvalue weighted by Crippen LogP contribution is 2.25. The largest absolute Gasteiger partial charge is 0.380 e. The fourth-order valence-corrected chi connectivity index (χ4v) is 2.48. The summed E-state index contributed by atoms with van der Waals surface area (Å²) in [6, 6.07) is 0. The Labute approximate surface area is 121 Å². The van der Waals surface area contributed by atoms with Gasteiger partial charge in [-0.15, -0.1) is 0 Å². The molecule has 0 amide bonds. The van der Waals surface area contributed by atoms with Crippen molar-refractivity contribution in [2.75, 3.05) is 31.6 Å². The van der Waals surface area contributed by atoms with Gasteiger partial charge in [0.2, 0.25) is 0 Å². The zero-order valence-electron chi connectivity index (χ0n) is 13.0. The molecule has 1 unspecified atom stereocenters. The van der Waals surface area contributed by atoms with Crippen molar-refractivity contribution >= 4 is 5.69 Å². The molecular weight excluding hydrogens is 252 g/mol. The van der Waals surface area contributed by atoms with E-state index >= 15 is 0 Å². The Balaban J connectivity index is 2.22. The molecule has 1 fully saturated rings. The lowest BCUT2D eigenvalue weighted by Gasteiger charge is -2.22. The minimum Gasteiger partial charge on any atom is -0.380 e. The zero-order chi connectivity index (χ0) is 14.5. The smallest absolute Gasteiger partial charge is 0.131 e. The molecule has 0 saturated carbocycles. The second kappa shape index (κ2) is 6.99. The van der Waals surface area contributed by atoms with Crippen molar-refractivity contribution < 1.29 is 4.74 Å². The zero-order valence-corrected chi connectivity index (χ0v) is 13.0. The van der Waals surface area contributed by atoms with E-state index in [2.05, 4.69) is 36.0 Å². The lowest BCUT2D eigenvalue weighted by molar-refractivity contribution is 0.121. The molecule has 1 aromatic heterocycles. The van der Waals surface area contributed by atoms with Crippen LogP contribution in [0.5, 0.6) is 0 Å². The Kier molecular flexibility index (Phi) is 5.31. The van der Waals surface area contributed by atoms with Gasteiger partial charge in [0.05, 0.1) is 23.7 Å². The third-order valence-corrected chi connectivity index (χ3v) is 3.74. The molecule has 0 bridgehead atoms. The van der Waals surface area contributed by atoms with Crippen LogP contribution in [0.1, 0.15) is 44.6 Å². The molecule has 0 spiro atoms. The van der Waals surface area contributed by atoms with E-state index in [0.717, 1.165) is 49.8 Å². The summed E-state index contributed by atoms with van der Waals surface area (Å²) in [5.41, 5.74) is 2.25. The normalized spacial score (nSPS) is 19.1. The molecule has 0 radical (unpaired) electrons. The fraction of sp³-hybridized carbons (Fsp3) is 0.733. The molecule has 1 aromatic rings. The predicted molar refractivity (Wildman–Crippen MR) is 81.1 cm³/mol. The summed E-state index contributed by atoms with van der Waals surface area (Å²) in [7, 11) is 1.78. The van der Waals surface area contributed by atoms with Crippen LogP contribution in [0, 0.1) is 0 Å². The average Bonchev–Trinajstić information content (AvgIpc) is 2.93. The highest BCUT2D eigenvalue weighted by molar-refractivity contribution is 5.50. The second-order valence-corrected chi connectivity index (χ2v) is 5.59. The van der Waals surface area contributed by atoms with E-state index in [0.29, 0.717) is 12.0 Å². The third-order valence-electron chi connectivity index (χ3n) is 3.74. The number of nitrogens with zero attached hydrogens (tertiary/aromatic N) is 3. The maximum absolute atomic E-state index is 5.45. The first-order chi connectivity index (χ1) is 9.65. The quantitative estimate of drug-likeness (QED) is 0.861. The van der Waals surface area contributed by atoms with Crippen LogP contribution in [0.15, 0.2) is 6.20 Å². The molecule has 2 rings (SSSR count). The number of methoxy groups -OCH3 is 1. The van der Waals surface area contributed by atoms with Crippen molar-refractivity contribution in [2.45, 2.75) is 45.8 Å². The SMILES string of the molecule is CCNCc1nc(C(C)C)ncc1N1CCC(OC)C1. The summed E-state index contributed by atoms with van der Waals surface area (Å²) < 4.78 is 5.45. The lowest BCUT2D eigenvalue weighted by Crippen LogP contribution is -2.26. The van der Waals surface area contributed by atoms with Gasteiger partial charge in [0, 0.05) is 32.7 Å². The molecule has 0 aromatic carbocycles. The summed E-state index contributed by atoms with van der Waals surface area (Å²) in [5.74, 6) is 1.28. The van der Waals surface area contributed by atoms with Crippen LogP contribution in [-0.4, -0.2) is 42.8 Å². The Morgan fingerprint density at radius 1 is 1.50 bits per heavy atom.